The maximum Gasteiger partial charge on any atom is 0.238 e. The fourth-order valence-electron chi connectivity index (χ4n) is 2.35. The van der Waals surface area contributed by atoms with Crippen LogP contribution in [0.25, 0.3) is 0 Å². The summed E-state index contributed by atoms with van der Waals surface area (Å²) in [5.74, 6) is -0.192. The Bertz CT molecular complexity index is 1040. The first-order chi connectivity index (χ1) is 12.8. The van der Waals surface area contributed by atoms with Crippen LogP contribution in [0.15, 0.2) is 75.9 Å². The number of aryl methyl sites for hydroxylation is 1. The minimum absolute atomic E-state index is 0.0208. The summed E-state index contributed by atoms with van der Waals surface area (Å²) < 4.78 is 24.4. The third kappa shape index (κ3) is 5.19. The van der Waals surface area contributed by atoms with Crippen LogP contribution in [-0.2, 0) is 28.3 Å². The molecular weight excluding hydrogens is 384 g/mol. The third-order valence-corrected chi connectivity index (χ3v) is 5.75. The number of amides is 1. The van der Waals surface area contributed by atoms with E-state index in [9.17, 15) is 13.2 Å². The number of anilines is 1. The summed E-state index contributed by atoms with van der Waals surface area (Å²) in [6, 6.07) is 13.4. The number of sulfonamides is 1. The number of nitrogens with one attached hydrogen (secondary N) is 1. The molecule has 3 N–H and O–H groups in total. The number of hydrogen-bond donors (Lipinski definition) is 2. The molecular formula is C18H18N4O3S2. The zero-order chi connectivity index (χ0) is 19.4. The number of primary sulfonamides is 1. The van der Waals surface area contributed by atoms with E-state index in [1.165, 1.54) is 23.9 Å². The fourth-order valence-corrected chi connectivity index (χ4v) is 3.67. The molecule has 0 aliphatic carbocycles. The number of carbonyl (C=O) groups is 1. The number of imidazole rings is 1. The summed E-state index contributed by atoms with van der Waals surface area (Å²) in [6.45, 7) is 0. The minimum Gasteiger partial charge on any atom is -0.329 e. The lowest BCUT2D eigenvalue weighted by Crippen LogP contribution is -2.15. The van der Waals surface area contributed by atoms with Gasteiger partial charge in [0.05, 0.1) is 11.3 Å². The first kappa shape index (κ1) is 19.2. The monoisotopic (exact) mass is 402 g/mol. The number of rotatable bonds is 6. The van der Waals surface area contributed by atoms with Gasteiger partial charge in [-0.1, -0.05) is 23.9 Å². The zero-order valence-corrected chi connectivity index (χ0v) is 16.1. The summed E-state index contributed by atoms with van der Waals surface area (Å²) in [5, 5.41) is 8.76. The van der Waals surface area contributed by atoms with E-state index in [4.69, 9.17) is 5.14 Å². The maximum atomic E-state index is 12.2. The van der Waals surface area contributed by atoms with Crippen LogP contribution in [0.5, 0.6) is 0 Å². The average Bonchev–Trinajstić information content (AvgIpc) is 3.01. The van der Waals surface area contributed by atoms with Crippen molar-refractivity contribution in [2.24, 2.45) is 12.2 Å². The Morgan fingerprint density at radius 1 is 1.15 bits per heavy atom. The van der Waals surface area contributed by atoms with Gasteiger partial charge < -0.3 is 9.88 Å². The Balaban J connectivity index is 1.58. The molecule has 140 valence electrons. The highest BCUT2D eigenvalue weighted by Crippen LogP contribution is 2.26. The van der Waals surface area contributed by atoms with E-state index >= 15 is 0 Å². The van der Waals surface area contributed by atoms with Crippen LogP contribution in [0.2, 0.25) is 0 Å². The molecule has 0 atom stereocenters. The SMILES string of the molecule is Cn1ccnc1Sc1ccc(NC(=O)Cc2ccc(S(N)(=O)=O)cc2)cc1. The van der Waals surface area contributed by atoms with E-state index in [0.29, 0.717) is 11.3 Å². The Morgan fingerprint density at radius 3 is 2.37 bits per heavy atom. The summed E-state index contributed by atoms with van der Waals surface area (Å²) in [5.41, 5.74) is 1.38. The Labute approximate surface area is 161 Å². The molecule has 0 fully saturated rings. The molecule has 3 rings (SSSR count). The van der Waals surface area contributed by atoms with Crippen molar-refractivity contribution >= 4 is 33.4 Å². The summed E-state index contributed by atoms with van der Waals surface area (Å²) in [6.07, 6.45) is 3.76. The van der Waals surface area contributed by atoms with Gasteiger partial charge in [-0.2, -0.15) is 0 Å². The van der Waals surface area contributed by atoms with Crippen molar-refractivity contribution in [3.05, 3.63) is 66.5 Å². The lowest BCUT2D eigenvalue weighted by atomic mass is 10.1. The summed E-state index contributed by atoms with van der Waals surface area (Å²) in [7, 11) is -1.80. The summed E-state index contributed by atoms with van der Waals surface area (Å²) in [4.78, 5) is 17.5. The van der Waals surface area contributed by atoms with E-state index in [1.54, 1.807) is 18.3 Å². The molecule has 1 heterocycles. The van der Waals surface area contributed by atoms with Crippen molar-refractivity contribution in [1.29, 1.82) is 0 Å². The molecule has 7 nitrogen and oxygen atoms in total. The number of hydrogen-bond acceptors (Lipinski definition) is 5. The predicted octanol–water partition coefficient (Wildman–Crippen LogP) is 2.40. The first-order valence-electron chi connectivity index (χ1n) is 7.98. The van der Waals surface area contributed by atoms with Crippen molar-refractivity contribution < 1.29 is 13.2 Å². The molecule has 0 spiro atoms. The van der Waals surface area contributed by atoms with Gasteiger partial charge in [-0.25, -0.2) is 18.5 Å². The van der Waals surface area contributed by atoms with Crippen LogP contribution >= 0.6 is 11.8 Å². The number of nitrogens with two attached hydrogens (primary N) is 1. The summed E-state index contributed by atoms with van der Waals surface area (Å²) >= 11 is 1.53. The van der Waals surface area contributed by atoms with Crippen LogP contribution in [0.1, 0.15) is 5.56 Å². The topological polar surface area (TPSA) is 107 Å². The van der Waals surface area contributed by atoms with Crippen molar-refractivity contribution in [2.75, 3.05) is 5.32 Å². The molecule has 0 bridgehead atoms. The second-order valence-corrected chi connectivity index (χ2v) is 8.46. The van der Waals surface area contributed by atoms with Crippen molar-refractivity contribution in [1.82, 2.24) is 9.55 Å². The largest absolute Gasteiger partial charge is 0.329 e. The number of carbonyl (C=O) groups excluding carboxylic acids is 1. The molecule has 0 saturated carbocycles. The molecule has 0 aliphatic heterocycles. The van der Waals surface area contributed by atoms with Crippen LogP contribution in [-0.4, -0.2) is 23.9 Å². The molecule has 1 aromatic heterocycles. The van der Waals surface area contributed by atoms with E-state index < -0.39 is 10.0 Å². The maximum absolute atomic E-state index is 12.2. The number of nitrogens with zero attached hydrogens (tertiary/aromatic N) is 2. The smallest absolute Gasteiger partial charge is 0.238 e. The number of benzene rings is 2. The normalized spacial score (nSPS) is 11.3. The zero-order valence-electron chi connectivity index (χ0n) is 14.5. The molecule has 0 unspecified atom stereocenters. The lowest BCUT2D eigenvalue weighted by Gasteiger charge is -2.07. The Kier molecular flexibility index (Phi) is 5.64. The molecule has 27 heavy (non-hydrogen) atoms. The molecule has 0 aliphatic rings. The van der Waals surface area contributed by atoms with Gasteiger partial charge in [0.15, 0.2) is 5.16 Å². The molecule has 0 radical (unpaired) electrons. The van der Waals surface area contributed by atoms with Gasteiger partial charge in [0.1, 0.15) is 0 Å². The van der Waals surface area contributed by atoms with Gasteiger partial charge >= 0.3 is 0 Å². The second kappa shape index (κ2) is 7.95. The Morgan fingerprint density at radius 2 is 1.81 bits per heavy atom. The van der Waals surface area contributed by atoms with Gasteiger partial charge in [-0.15, -0.1) is 0 Å². The standard InChI is InChI=1S/C18H18N4O3S2/c1-22-11-10-20-18(22)26-15-6-4-14(5-7-15)21-17(23)12-13-2-8-16(9-3-13)27(19,24)25/h2-11H,12H2,1H3,(H,21,23)(H2,19,24,25). The molecule has 2 aromatic carbocycles. The van der Waals surface area contributed by atoms with Gasteiger partial charge in [-0.05, 0) is 42.0 Å². The molecule has 1 amide bonds. The van der Waals surface area contributed by atoms with E-state index in [1.807, 2.05) is 42.1 Å². The van der Waals surface area contributed by atoms with E-state index in [-0.39, 0.29) is 17.2 Å². The quantitative estimate of drug-likeness (QED) is 0.658. The van der Waals surface area contributed by atoms with Crippen molar-refractivity contribution in [3.8, 4) is 0 Å². The van der Waals surface area contributed by atoms with Crippen molar-refractivity contribution in [2.45, 2.75) is 21.4 Å². The molecule has 9 heteroatoms. The van der Waals surface area contributed by atoms with Gasteiger partial charge in [0, 0.05) is 30.0 Å². The highest BCUT2D eigenvalue weighted by Gasteiger charge is 2.09. The van der Waals surface area contributed by atoms with E-state index in [0.717, 1.165) is 10.1 Å². The Hall–Kier alpha value is -2.62. The molecule has 3 aromatic rings. The predicted molar refractivity (Wildman–Crippen MR) is 104 cm³/mol. The molecule has 0 saturated heterocycles. The number of aromatic nitrogens is 2. The van der Waals surface area contributed by atoms with Gasteiger partial charge in [-0.3, -0.25) is 4.79 Å². The highest BCUT2D eigenvalue weighted by atomic mass is 32.2. The van der Waals surface area contributed by atoms with Crippen LogP contribution in [0.4, 0.5) is 5.69 Å². The van der Waals surface area contributed by atoms with Crippen LogP contribution in [0.3, 0.4) is 0 Å². The third-order valence-electron chi connectivity index (χ3n) is 3.74. The van der Waals surface area contributed by atoms with E-state index in [2.05, 4.69) is 10.3 Å². The van der Waals surface area contributed by atoms with Crippen LogP contribution in [0, 0.1) is 0 Å². The minimum atomic E-state index is -3.73. The van der Waals surface area contributed by atoms with Gasteiger partial charge in [0.25, 0.3) is 0 Å². The highest BCUT2D eigenvalue weighted by molar-refractivity contribution is 7.99. The second-order valence-electron chi connectivity index (χ2n) is 5.86. The van der Waals surface area contributed by atoms with Gasteiger partial charge in [0.2, 0.25) is 15.9 Å². The average molecular weight is 403 g/mol. The van der Waals surface area contributed by atoms with Crippen LogP contribution < -0.4 is 10.5 Å². The fraction of sp³-hybridized carbons (Fsp3) is 0.111. The van der Waals surface area contributed by atoms with Crippen molar-refractivity contribution in [3.63, 3.8) is 0 Å². The first-order valence-corrected chi connectivity index (χ1v) is 10.3. The lowest BCUT2D eigenvalue weighted by molar-refractivity contribution is -0.115.